The molecule has 1 saturated heterocycles. The molecule has 0 bridgehead atoms. The third kappa shape index (κ3) is 2.08. The molecule has 1 fully saturated rings. The maximum Gasteiger partial charge on any atom is 0.138 e. The highest BCUT2D eigenvalue weighted by Crippen LogP contribution is 2.30. The quantitative estimate of drug-likeness (QED) is 0.892. The van der Waals surface area contributed by atoms with Gasteiger partial charge in [0.25, 0.3) is 0 Å². The highest BCUT2D eigenvalue weighted by molar-refractivity contribution is 7.18. The van der Waals surface area contributed by atoms with Crippen molar-refractivity contribution in [1.29, 1.82) is 0 Å². The van der Waals surface area contributed by atoms with E-state index in [9.17, 15) is 0 Å². The molecule has 1 unspecified atom stereocenters. The number of thiophene rings is 1. The van der Waals surface area contributed by atoms with Crippen molar-refractivity contribution in [2.75, 3.05) is 18.4 Å². The van der Waals surface area contributed by atoms with Crippen molar-refractivity contribution in [2.45, 2.75) is 32.2 Å². The van der Waals surface area contributed by atoms with E-state index in [1.165, 1.54) is 4.88 Å². The van der Waals surface area contributed by atoms with E-state index in [1.807, 2.05) is 0 Å². The van der Waals surface area contributed by atoms with Crippen molar-refractivity contribution in [3.05, 3.63) is 17.3 Å². The van der Waals surface area contributed by atoms with Crippen LogP contribution in [0.4, 0.5) is 5.82 Å². The van der Waals surface area contributed by atoms with Crippen LogP contribution < -0.4 is 10.6 Å². The lowest BCUT2D eigenvalue weighted by Gasteiger charge is -2.25. The van der Waals surface area contributed by atoms with Gasteiger partial charge in [0.15, 0.2) is 0 Å². The van der Waals surface area contributed by atoms with Crippen molar-refractivity contribution in [1.82, 2.24) is 15.3 Å². The fourth-order valence-electron chi connectivity index (χ4n) is 2.39. The molecule has 0 aromatic carbocycles. The molecule has 2 N–H and O–H groups in total. The smallest absolute Gasteiger partial charge is 0.138 e. The summed E-state index contributed by atoms with van der Waals surface area (Å²) in [5, 5.41) is 8.14. The first-order valence-corrected chi connectivity index (χ1v) is 7.24. The summed E-state index contributed by atoms with van der Waals surface area (Å²) in [6.07, 6.45) is 3.84. The SMILES string of the molecule is CCc1cc2c(NC3(C)CCNC3)ncnc2s1. The molecule has 1 atom stereocenters. The highest BCUT2D eigenvalue weighted by Gasteiger charge is 2.29. The molecule has 0 amide bonds. The highest BCUT2D eigenvalue weighted by atomic mass is 32.1. The Kier molecular flexibility index (Phi) is 2.95. The second kappa shape index (κ2) is 4.48. The summed E-state index contributed by atoms with van der Waals surface area (Å²) in [5.41, 5.74) is 0.107. The maximum atomic E-state index is 4.42. The van der Waals surface area contributed by atoms with Gasteiger partial charge in [0.2, 0.25) is 0 Å². The summed E-state index contributed by atoms with van der Waals surface area (Å²) in [7, 11) is 0. The number of rotatable bonds is 3. The molecule has 0 aliphatic carbocycles. The van der Waals surface area contributed by atoms with Crippen LogP contribution in [-0.2, 0) is 6.42 Å². The molecule has 3 heterocycles. The van der Waals surface area contributed by atoms with Crippen LogP contribution >= 0.6 is 11.3 Å². The van der Waals surface area contributed by atoms with E-state index >= 15 is 0 Å². The molecule has 5 heteroatoms. The Morgan fingerprint density at radius 1 is 1.50 bits per heavy atom. The molecule has 18 heavy (non-hydrogen) atoms. The number of hydrogen-bond acceptors (Lipinski definition) is 5. The van der Waals surface area contributed by atoms with Crippen molar-refractivity contribution < 1.29 is 0 Å². The van der Waals surface area contributed by atoms with E-state index in [0.29, 0.717) is 0 Å². The zero-order valence-corrected chi connectivity index (χ0v) is 11.6. The number of aromatic nitrogens is 2. The van der Waals surface area contributed by atoms with Gasteiger partial charge < -0.3 is 10.6 Å². The third-order valence-electron chi connectivity index (χ3n) is 3.52. The molecular formula is C13H18N4S. The number of aryl methyl sites for hydroxylation is 1. The Balaban J connectivity index is 1.98. The van der Waals surface area contributed by atoms with Gasteiger partial charge in [-0.15, -0.1) is 11.3 Å². The molecular weight excluding hydrogens is 244 g/mol. The summed E-state index contributed by atoms with van der Waals surface area (Å²) in [4.78, 5) is 11.2. The van der Waals surface area contributed by atoms with E-state index in [2.05, 4.69) is 40.5 Å². The second-order valence-corrected chi connectivity index (χ2v) is 6.24. The minimum absolute atomic E-state index is 0.107. The van der Waals surface area contributed by atoms with E-state index in [4.69, 9.17) is 0 Å². The van der Waals surface area contributed by atoms with Crippen LogP contribution in [0, 0.1) is 0 Å². The van der Waals surface area contributed by atoms with Gasteiger partial charge in [-0.05, 0) is 32.4 Å². The Labute approximate surface area is 111 Å². The van der Waals surface area contributed by atoms with Gasteiger partial charge in [-0.25, -0.2) is 9.97 Å². The standard InChI is InChI=1S/C13H18N4S/c1-3-9-6-10-11(15-8-16-12(10)18-9)17-13(2)4-5-14-7-13/h6,8,14H,3-5,7H2,1-2H3,(H,15,16,17). The average Bonchev–Trinajstić information content (AvgIpc) is 2.96. The normalized spacial score (nSPS) is 23.7. The Hall–Kier alpha value is -1.20. The van der Waals surface area contributed by atoms with Gasteiger partial charge in [-0.2, -0.15) is 0 Å². The lowest BCUT2D eigenvalue weighted by Crippen LogP contribution is -2.37. The molecule has 0 spiro atoms. The van der Waals surface area contributed by atoms with Crippen molar-refractivity contribution >= 4 is 27.4 Å². The van der Waals surface area contributed by atoms with Crippen molar-refractivity contribution in [3.8, 4) is 0 Å². The van der Waals surface area contributed by atoms with E-state index in [1.54, 1.807) is 17.7 Å². The molecule has 2 aromatic heterocycles. The van der Waals surface area contributed by atoms with Crippen LogP contribution in [0.15, 0.2) is 12.4 Å². The summed E-state index contributed by atoms with van der Waals surface area (Å²) in [6.45, 7) is 6.48. The number of anilines is 1. The maximum absolute atomic E-state index is 4.42. The summed E-state index contributed by atoms with van der Waals surface area (Å²) in [6, 6.07) is 2.22. The number of hydrogen-bond donors (Lipinski definition) is 2. The topological polar surface area (TPSA) is 49.8 Å². The minimum Gasteiger partial charge on any atom is -0.363 e. The van der Waals surface area contributed by atoms with Crippen molar-refractivity contribution in [2.24, 2.45) is 0 Å². The monoisotopic (exact) mass is 262 g/mol. The van der Waals surface area contributed by atoms with Crippen LogP contribution in [0.1, 0.15) is 25.1 Å². The van der Waals surface area contributed by atoms with Crippen LogP contribution in [0.2, 0.25) is 0 Å². The van der Waals surface area contributed by atoms with E-state index in [-0.39, 0.29) is 5.54 Å². The fourth-order valence-corrected chi connectivity index (χ4v) is 3.32. The lowest BCUT2D eigenvalue weighted by molar-refractivity contribution is 0.565. The molecule has 0 saturated carbocycles. The van der Waals surface area contributed by atoms with Crippen LogP contribution in [0.3, 0.4) is 0 Å². The second-order valence-electron chi connectivity index (χ2n) is 5.12. The molecule has 1 aliphatic rings. The van der Waals surface area contributed by atoms with Crippen molar-refractivity contribution in [3.63, 3.8) is 0 Å². The Morgan fingerprint density at radius 3 is 3.11 bits per heavy atom. The largest absolute Gasteiger partial charge is 0.363 e. The van der Waals surface area contributed by atoms with Gasteiger partial charge in [-0.3, -0.25) is 0 Å². The van der Waals surface area contributed by atoms with E-state index in [0.717, 1.165) is 42.0 Å². The van der Waals surface area contributed by atoms with E-state index < -0.39 is 0 Å². The molecule has 1 aliphatic heterocycles. The predicted octanol–water partition coefficient (Wildman–Crippen LogP) is 2.42. The third-order valence-corrected chi connectivity index (χ3v) is 4.71. The Bertz CT molecular complexity index is 557. The Morgan fingerprint density at radius 2 is 2.39 bits per heavy atom. The zero-order valence-electron chi connectivity index (χ0n) is 10.8. The molecule has 2 aromatic rings. The van der Waals surface area contributed by atoms with Crippen LogP contribution in [0.5, 0.6) is 0 Å². The number of fused-ring (bicyclic) bond motifs is 1. The first-order valence-electron chi connectivity index (χ1n) is 6.42. The lowest BCUT2D eigenvalue weighted by atomic mass is 10.0. The minimum atomic E-state index is 0.107. The number of nitrogens with zero attached hydrogens (tertiary/aromatic N) is 2. The van der Waals surface area contributed by atoms with Crippen LogP contribution in [0.25, 0.3) is 10.2 Å². The predicted molar refractivity (Wildman–Crippen MR) is 76.3 cm³/mol. The first-order chi connectivity index (χ1) is 8.70. The van der Waals surface area contributed by atoms with Gasteiger partial charge >= 0.3 is 0 Å². The van der Waals surface area contributed by atoms with Gasteiger partial charge in [0, 0.05) is 17.0 Å². The number of nitrogens with one attached hydrogen (secondary N) is 2. The summed E-state index contributed by atoms with van der Waals surface area (Å²) in [5.74, 6) is 0.974. The molecule has 96 valence electrons. The van der Waals surface area contributed by atoms with Gasteiger partial charge in [0.1, 0.15) is 17.0 Å². The summed E-state index contributed by atoms with van der Waals surface area (Å²) < 4.78 is 0. The van der Waals surface area contributed by atoms with Gasteiger partial charge in [-0.1, -0.05) is 6.92 Å². The van der Waals surface area contributed by atoms with Crippen LogP contribution in [-0.4, -0.2) is 28.6 Å². The first kappa shape index (κ1) is 11.9. The molecule has 0 radical (unpaired) electrons. The molecule has 3 rings (SSSR count). The molecule has 4 nitrogen and oxygen atoms in total. The zero-order chi connectivity index (χ0) is 12.6. The average molecular weight is 262 g/mol. The summed E-state index contributed by atoms with van der Waals surface area (Å²) >= 11 is 1.76. The van der Waals surface area contributed by atoms with Gasteiger partial charge in [0.05, 0.1) is 5.39 Å². The fraction of sp³-hybridized carbons (Fsp3) is 0.538.